The maximum Gasteiger partial charge on any atom is 0.184 e. The van der Waals surface area contributed by atoms with Crippen LogP contribution in [0.25, 0.3) is 11.2 Å². The molecule has 0 aliphatic carbocycles. The van der Waals surface area contributed by atoms with Gasteiger partial charge in [0.25, 0.3) is 0 Å². The molecule has 22 heavy (non-hydrogen) atoms. The zero-order valence-corrected chi connectivity index (χ0v) is 13.1. The van der Waals surface area contributed by atoms with Gasteiger partial charge < -0.3 is 15.2 Å². The number of aromatic nitrogens is 3. The van der Waals surface area contributed by atoms with Crippen molar-refractivity contribution in [1.29, 1.82) is 0 Å². The van der Waals surface area contributed by atoms with Crippen LogP contribution in [0.2, 0.25) is 5.02 Å². The van der Waals surface area contributed by atoms with Crippen molar-refractivity contribution < 1.29 is 0 Å². The maximum absolute atomic E-state index is 5.96. The predicted molar refractivity (Wildman–Crippen MR) is 86.8 cm³/mol. The van der Waals surface area contributed by atoms with Gasteiger partial charge in [0.2, 0.25) is 0 Å². The molecule has 2 saturated heterocycles. The Hall–Kier alpha value is -1.70. The number of nitrogens with two attached hydrogens (primary N) is 1. The molecule has 0 bridgehead atoms. The standard InChI is InChI=1S/C14H18ClN7/c1-21-4-8-6-22(7-9(8)5-21)14-13(20-16)18-11-2-10(15)3-17-12(11)19-14/h2-3,8-9H,4-7,16H2,1H3,(H,18,20). The summed E-state index contributed by atoms with van der Waals surface area (Å²) in [6.07, 6.45) is 1.59. The number of likely N-dealkylation sites (tertiary alicyclic amines) is 1. The first-order valence-corrected chi connectivity index (χ1v) is 7.75. The Bertz CT molecular complexity index is 708. The third-order valence-electron chi connectivity index (χ3n) is 4.57. The SMILES string of the molecule is CN1CC2CN(c3nc4ncc(Cl)cc4nc3NN)CC2C1. The van der Waals surface area contributed by atoms with Gasteiger partial charge >= 0.3 is 0 Å². The molecule has 0 amide bonds. The van der Waals surface area contributed by atoms with E-state index in [9.17, 15) is 0 Å². The predicted octanol–water partition coefficient (Wildman–Crippen LogP) is 0.962. The van der Waals surface area contributed by atoms with Gasteiger partial charge in [0, 0.05) is 32.4 Å². The Morgan fingerprint density at radius 1 is 1.23 bits per heavy atom. The lowest BCUT2D eigenvalue weighted by Gasteiger charge is -2.22. The molecule has 2 unspecified atom stereocenters. The molecule has 116 valence electrons. The van der Waals surface area contributed by atoms with Crippen LogP contribution in [-0.2, 0) is 0 Å². The number of nitrogens with one attached hydrogen (secondary N) is 1. The summed E-state index contributed by atoms with van der Waals surface area (Å²) in [5.41, 5.74) is 3.89. The molecule has 2 fully saturated rings. The van der Waals surface area contributed by atoms with Gasteiger partial charge in [-0.2, -0.15) is 0 Å². The highest BCUT2D eigenvalue weighted by molar-refractivity contribution is 6.31. The number of halogens is 1. The molecule has 2 aliphatic rings. The Morgan fingerprint density at radius 3 is 2.64 bits per heavy atom. The number of hydrogen-bond donors (Lipinski definition) is 2. The highest BCUT2D eigenvalue weighted by atomic mass is 35.5. The van der Waals surface area contributed by atoms with Gasteiger partial charge in [-0.15, -0.1) is 0 Å². The third kappa shape index (κ3) is 2.25. The molecule has 2 aliphatic heterocycles. The van der Waals surface area contributed by atoms with Crippen molar-refractivity contribution in [1.82, 2.24) is 19.9 Å². The van der Waals surface area contributed by atoms with Crippen LogP contribution in [0.5, 0.6) is 0 Å². The summed E-state index contributed by atoms with van der Waals surface area (Å²) in [6, 6.07) is 1.75. The molecule has 2 aromatic rings. The van der Waals surface area contributed by atoms with E-state index >= 15 is 0 Å². The van der Waals surface area contributed by atoms with Crippen molar-refractivity contribution in [3.63, 3.8) is 0 Å². The summed E-state index contributed by atoms with van der Waals surface area (Å²) >= 11 is 5.96. The van der Waals surface area contributed by atoms with E-state index < -0.39 is 0 Å². The number of rotatable bonds is 2. The summed E-state index contributed by atoms with van der Waals surface area (Å²) in [5, 5.41) is 0.538. The smallest absolute Gasteiger partial charge is 0.184 e. The molecule has 0 saturated carbocycles. The Morgan fingerprint density at radius 2 is 1.95 bits per heavy atom. The first-order valence-electron chi connectivity index (χ1n) is 7.37. The lowest BCUT2D eigenvalue weighted by Crippen LogP contribution is -2.29. The van der Waals surface area contributed by atoms with Crippen LogP contribution in [0.15, 0.2) is 12.3 Å². The normalized spacial score (nSPS) is 25.0. The topological polar surface area (TPSA) is 83.2 Å². The fourth-order valence-electron chi connectivity index (χ4n) is 3.63. The van der Waals surface area contributed by atoms with E-state index in [-0.39, 0.29) is 0 Å². The van der Waals surface area contributed by atoms with Crippen molar-refractivity contribution in [3.05, 3.63) is 17.3 Å². The number of nitrogen functional groups attached to an aromatic ring is 1. The summed E-state index contributed by atoms with van der Waals surface area (Å²) in [4.78, 5) is 18.1. The maximum atomic E-state index is 5.96. The van der Waals surface area contributed by atoms with Gasteiger partial charge in [-0.1, -0.05) is 11.6 Å². The number of hydrazine groups is 1. The van der Waals surface area contributed by atoms with Crippen LogP contribution < -0.4 is 16.2 Å². The van der Waals surface area contributed by atoms with Crippen LogP contribution in [-0.4, -0.2) is 53.1 Å². The summed E-state index contributed by atoms with van der Waals surface area (Å²) in [5.74, 6) is 8.37. The van der Waals surface area contributed by atoms with E-state index in [2.05, 4.69) is 37.2 Å². The van der Waals surface area contributed by atoms with Crippen molar-refractivity contribution in [3.8, 4) is 0 Å². The van der Waals surface area contributed by atoms with Gasteiger partial charge in [0.05, 0.1) is 5.02 Å². The monoisotopic (exact) mass is 319 g/mol. The fourth-order valence-corrected chi connectivity index (χ4v) is 3.78. The molecular weight excluding hydrogens is 302 g/mol. The van der Waals surface area contributed by atoms with Crippen molar-refractivity contribution >= 4 is 34.4 Å². The van der Waals surface area contributed by atoms with Gasteiger partial charge in [-0.25, -0.2) is 20.8 Å². The van der Waals surface area contributed by atoms with Crippen LogP contribution in [0.4, 0.5) is 11.6 Å². The molecule has 3 N–H and O–H groups in total. The van der Waals surface area contributed by atoms with E-state index in [1.165, 1.54) is 0 Å². The average Bonchev–Trinajstić information content (AvgIpc) is 3.02. The molecule has 0 aromatic carbocycles. The minimum atomic E-state index is 0.538. The van der Waals surface area contributed by atoms with Crippen LogP contribution in [0, 0.1) is 11.8 Å². The number of fused-ring (bicyclic) bond motifs is 2. The second-order valence-electron chi connectivity index (χ2n) is 6.18. The number of hydrogen-bond acceptors (Lipinski definition) is 7. The Labute approximate surface area is 133 Å². The van der Waals surface area contributed by atoms with Crippen molar-refractivity contribution in [2.24, 2.45) is 17.7 Å². The first kappa shape index (κ1) is 13.9. The van der Waals surface area contributed by atoms with Gasteiger partial charge in [-0.05, 0) is 24.9 Å². The van der Waals surface area contributed by atoms with E-state index in [0.29, 0.717) is 33.8 Å². The molecule has 8 heteroatoms. The largest absolute Gasteiger partial charge is 0.353 e. The first-order chi connectivity index (χ1) is 10.6. The molecule has 2 aromatic heterocycles. The lowest BCUT2D eigenvalue weighted by atomic mass is 10.0. The van der Waals surface area contributed by atoms with Crippen molar-refractivity contribution in [2.75, 3.05) is 43.6 Å². The van der Waals surface area contributed by atoms with E-state index in [4.69, 9.17) is 17.4 Å². The number of nitrogens with zero attached hydrogens (tertiary/aromatic N) is 5. The minimum absolute atomic E-state index is 0.538. The van der Waals surface area contributed by atoms with E-state index in [0.717, 1.165) is 32.0 Å². The zero-order valence-electron chi connectivity index (χ0n) is 12.3. The molecule has 7 nitrogen and oxygen atoms in total. The molecule has 2 atom stereocenters. The second-order valence-corrected chi connectivity index (χ2v) is 6.62. The van der Waals surface area contributed by atoms with Gasteiger partial charge in [0.1, 0.15) is 5.52 Å². The van der Waals surface area contributed by atoms with Crippen LogP contribution >= 0.6 is 11.6 Å². The van der Waals surface area contributed by atoms with Gasteiger partial charge in [0.15, 0.2) is 17.3 Å². The summed E-state index contributed by atoms with van der Waals surface area (Å²) in [6.45, 7) is 4.25. The van der Waals surface area contributed by atoms with Crippen molar-refractivity contribution in [2.45, 2.75) is 0 Å². The third-order valence-corrected chi connectivity index (χ3v) is 4.78. The van der Waals surface area contributed by atoms with Gasteiger partial charge in [-0.3, -0.25) is 0 Å². The highest BCUT2D eigenvalue weighted by Crippen LogP contribution is 2.35. The molecule has 4 rings (SSSR count). The quantitative estimate of drug-likeness (QED) is 0.630. The van der Waals surface area contributed by atoms with E-state index in [1.807, 2.05) is 0 Å². The minimum Gasteiger partial charge on any atom is -0.353 e. The Balaban J connectivity index is 1.71. The molecule has 4 heterocycles. The lowest BCUT2D eigenvalue weighted by molar-refractivity contribution is 0.387. The summed E-state index contributed by atoms with van der Waals surface area (Å²) in [7, 11) is 2.18. The molecule has 0 spiro atoms. The Kier molecular flexibility index (Phi) is 3.28. The summed E-state index contributed by atoms with van der Waals surface area (Å²) < 4.78 is 0. The molecular formula is C14H18ClN7. The zero-order chi connectivity index (χ0) is 15.3. The molecule has 0 radical (unpaired) electrons. The highest BCUT2D eigenvalue weighted by Gasteiger charge is 2.39. The van der Waals surface area contributed by atoms with Crippen LogP contribution in [0.3, 0.4) is 0 Å². The van der Waals surface area contributed by atoms with E-state index in [1.54, 1.807) is 12.3 Å². The fraction of sp³-hybridized carbons (Fsp3) is 0.500. The second kappa shape index (κ2) is 5.19. The average molecular weight is 320 g/mol. The van der Waals surface area contributed by atoms with Crippen LogP contribution in [0.1, 0.15) is 0 Å². The number of anilines is 2. The number of pyridine rings is 1.